The number of unbranched alkanes of at least 4 members (excludes halogenated alkanes) is 11. The van der Waals surface area contributed by atoms with E-state index in [1.54, 1.807) is 0 Å². The fourth-order valence-electron chi connectivity index (χ4n) is 4.42. The number of halogens is 17. The topological polar surface area (TPSA) is 18.5 Å². The summed E-state index contributed by atoms with van der Waals surface area (Å²) in [6, 6.07) is 4.49. The number of hydrogen-bond donors (Lipinski definition) is 0. The van der Waals surface area contributed by atoms with Crippen LogP contribution in [-0.2, 0) is 0 Å². The number of hydrogen-bond acceptors (Lipinski definition) is 2. The van der Waals surface area contributed by atoms with E-state index < -0.39 is 66.4 Å². The lowest BCUT2D eigenvalue weighted by atomic mass is 9.88. The second-order valence-electron chi connectivity index (χ2n) is 11.5. The van der Waals surface area contributed by atoms with Gasteiger partial charge in [0.2, 0.25) is 0 Å². The van der Waals surface area contributed by atoms with Crippen LogP contribution in [0.15, 0.2) is 24.3 Å². The molecule has 1 rings (SSSR count). The van der Waals surface area contributed by atoms with Gasteiger partial charge in [-0.1, -0.05) is 77.6 Å². The molecule has 0 fully saturated rings. The van der Waals surface area contributed by atoms with Crippen molar-refractivity contribution in [2.75, 3.05) is 13.2 Å². The zero-order valence-corrected chi connectivity index (χ0v) is 26.2. The molecular formula is C30H37F17O2. The standard InChI is InChI=1S/C30H37F17O2/c1-2-3-4-5-6-7-8-9-10-11-12-13-19-48-21-14-16-22(17-15-21)49-20-18-23(31,32)24(33,34)25(35,36)26(37,38)27(39,40)28(41,42)29(43,44)30(45,46)47/h14-17H,2-13,18-20H2,1H3. The van der Waals surface area contributed by atoms with Crippen LogP contribution in [0.2, 0.25) is 0 Å². The molecule has 0 aliphatic carbocycles. The van der Waals surface area contributed by atoms with E-state index >= 15 is 0 Å². The van der Waals surface area contributed by atoms with Gasteiger partial charge in [-0.15, -0.1) is 0 Å². The van der Waals surface area contributed by atoms with Crippen LogP contribution < -0.4 is 9.47 Å². The van der Waals surface area contributed by atoms with Crippen molar-refractivity contribution in [3.8, 4) is 11.5 Å². The quantitative estimate of drug-likeness (QED) is 0.0773. The van der Waals surface area contributed by atoms with Gasteiger partial charge in [0.25, 0.3) is 0 Å². The summed E-state index contributed by atoms with van der Waals surface area (Å²) in [6.45, 7) is 0.737. The molecule has 0 radical (unpaired) electrons. The molecule has 288 valence electrons. The molecule has 0 aliphatic heterocycles. The Balaban J connectivity index is 2.68. The molecule has 0 bridgehead atoms. The van der Waals surface area contributed by atoms with Crippen molar-refractivity contribution in [3.63, 3.8) is 0 Å². The molecule has 0 aromatic heterocycles. The Morgan fingerprint density at radius 2 is 0.694 bits per heavy atom. The van der Waals surface area contributed by atoms with Crippen LogP contribution in [-0.4, -0.2) is 60.8 Å². The summed E-state index contributed by atoms with van der Waals surface area (Å²) >= 11 is 0. The fourth-order valence-corrected chi connectivity index (χ4v) is 4.42. The number of ether oxygens (including phenoxy) is 2. The number of rotatable bonds is 24. The molecule has 1 aromatic rings. The Bertz CT molecular complexity index is 1100. The SMILES string of the molecule is CCCCCCCCCCCCCCOc1ccc(OCCC(F)(F)C(F)(F)C(F)(F)C(F)(F)C(F)(F)C(F)(F)C(F)(F)C(F)(F)F)cc1. The Morgan fingerprint density at radius 3 is 1.06 bits per heavy atom. The fraction of sp³-hybridized carbons (Fsp3) is 0.800. The lowest BCUT2D eigenvalue weighted by molar-refractivity contribution is -0.461. The smallest absolute Gasteiger partial charge is 0.460 e. The predicted octanol–water partition coefficient (Wildman–Crippen LogP) is 12.5. The first-order chi connectivity index (χ1) is 22.3. The zero-order valence-electron chi connectivity index (χ0n) is 26.2. The van der Waals surface area contributed by atoms with Gasteiger partial charge in [-0.25, -0.2) is 0 Å². The average molecular weight is 753 g/mol. The Morgan fingerprint density at radius 1 is 0.388 bits per heavy atom. The molecule has 2 nitrogen and oxygen atoms in total. The third-order valence-corrected chi connectivity index (χ3v) is 7.56. The lowest BCUT2D eigenvalue weighted by Crippen LogP contribution is -2.74. The maximum Gasteiger partial charge on any atom is 0.460 e. The number of benzene rings is 1. The summed E-state index contributed by atoms with van der Waals surface area (Å²) in [5.74, 6) is -56.6. The second-order valence-corrected chi connectivity index (χ2v) is 11.5. The summed E-state index contributed by atoms with van der Waals surface area (Å²) in [5, 5.41) is 0. The van der Waals surface area contributed by atoms with Crippen molar-refractivity contribution in [2.24, 2.45) is 0 Å². The molecule has 0 atom stereocenters. The Kier molecular flexibility index (Phi) is 15.7. The molecule has 0 amide bonds. The summed E-state index contributed by atoms with van der Waals surface area (Å²) < 4.78 is 237. The van der Waals surface area contributed by atoms with Gasteiger partial charge < -0.3 is 9.47 Å². The van der Waals surface area contributed by atoms with Crippen LogP contribution in [0.1, 0.15) is 90.4 Å². The van der Waals surface area contributed by atoms with Crippen LogP contribution in [0, 0.1) is 0 Å². The van der Waals surface area contributed by atoms with E-state index in [1.807, 2.05) is 0 Å². The molecular weight excluding hydrogens is 715 g/mol. The van der Waals surface area contributed by atoms with Crippen molar-refractivity contribution in [1.82, 2.24) is 0 Å². The van der Waals surface area contributed by atoms with Crippen molar-refractivity contribution in [3.05, 3.63) is 24.3 Å². The van der Waals surface area contributed by atoms with E-state index in [2.05, 4.69) is 11.7 Å². The summed E-state index contributed by atoms with van der Waals surface area (Å²) in [4.78, 5) is 0. The van der Waals surface area contributed by atoms with E-state index in [-0.39, 0.29) is 12.4 Å². The lowest BCUT2D eigenvalue weighted by Gasteiger charge is -2.42. The largest absolute Gasteiger partial charge is 0.494 e. The highest BCUT2D eigenvalue weighted by molar-refractivity contribution is 5.31. The van der Waals surface area contributed by atoms with E-state index in [1.165, 1.54) is 50.7 Å². The first kappa shape index (κ1) is 44.7. The molecule has 0 spiro atoms. The van der Waals surface area contributed by atoms with Gasteiger partial charge in [0.1, 0.15) is 11.5 Å². The monoisotopic (exact) mass is 752 g/mol. The zero-order chi connectivity index (χ0) is 38.0. The third-order valence-electron chi connectivity index (χ3n) is 7.56. The molecule has 0 saturated heterocycles. The van der Waals surface area contributed by atoms with Crippen LogP contribution in [0.25, 0.3) is 0 Å². The second kappa shape index (κ2) is 17.2. The van der Waals surface area contributed by atoms with Crippen LogP contribution in [0.3, 0.4) is 0 Å². The van der Waals surface area contributed by atoms with Crippen molar-refractivity contribution in [2.45, 2.75) is 138 Å². The maximum absolute atomic E-state index is 14.0. The van der Waals surface area contributed by atoms with Gasteiger partial charge in [0.05, 0.1) is 19.6 Å². The van der Waals surface area contributed by atoms with E-state index in [4.69, 9.17) is 4.74 Å². The van der Waals surface area contributed by atoms with E-state index in [0.717, 1.165) is 44.2 Å². The summed E-state index contributed by atoms with van der Waals surface area (Å²) in [5.41, 5.74) is 0. The molecule has 0 heterocycles. The predicted molar refractivity (Wildman–Crippen MR) is 144 cm³/mol. The Hall–Kier alpha value is -2.37. The van der Waals surface area contributed by atoms with Crippen LogP contribution >= 0.6 is 0 Å². The maximum atomic E-state index is 14.0. The highest BCUT2D eigenvalue weighted by Crippen LogP contribution is 2.64. The number of alkyl halides is 17. The molecule has 49 heavy (non-hydrogen) atoms. The molecule has 0 N–H and O–H groups in total. The molecule has 0 aliphatic rings. The highest BCUT2D eigenvalue weighted by Gasteiger charge is 2.95. The van der Waals surface area contributed by atoms with E-state index in [9.17, 15) is 74.6 Å². The first-order valence-electron chi connectivity index (χ1n) is 15.3. The first-order valence-corrected chi connectivity index (χ1v) is 15.3. The minimum Gasteiger partial charge on any atom is -0.494 e. The minimum absolute atomic E-state index is 0.239. The highest BCUT2D eigenvalue weighted by atomic mass is 19.4. The summed E-state index contributed by atoms with van der Waals surface area (Å²) in [6.07, 6.45) is 2.82. The van der Waals surface area contributed by atoms with Gasteiger partial charge >= 0.3 is 47.6 Å². The molecule has 19 heteroatoms. The minimum atomic E-state index is -8.64. The van der Waals surface area contributed by atoms with Gasteiger partial charge in [0.15, 0.2) is 0 Å². The van der Waals surface area contributed by atoms with Crippen LogP contribution in [0.4, 0.5) is 74.6 Å². The van der Waals surface area contributed by atoms with Crippen molar-refractivity contribution >= 4 is 0 Å². The van der Waals surface area contributed by atoms with Gasteiger partial charge in [0, 0.05) is 0 Å². The van der Waals surface area contributed by atoms with Gasteiger partial charge in [-0.05, 0) is 30.7 Å². The third kappa shape index (κ3) is 10.1. The van der Waals surface area contributed by atoms with Crippen molar-refractivity contribution < 1.29 is 84.1 Å². The van der Waals surface area contributed by atoms with Gasteiger partial charge in [-0.3, -0.25) is 0 Å². The summed E-state index contributed by atoms with van der Waals surface area (Å²) in [7, 11) is 0. The molecule has 0 saturated carbocycles. The molecule has 0 unspecified atom stereocenters. The van der Waals surface area contributed by atoms with E-state index in [0.29, 0.717) is 6.42 Å². The van der Waals surface area contributed by atoms with Crippen LogP contribution in [0.5, 0.6) is 11.5 Å². The van der Waals surface area contributed by atoms with Crippen molar-refractivity contribution in [1.29, 1.82) is 0 Å². The van der Waals surface area contributed by atoms with Gasteiger partial charge in [-0.2, -0.15) is 74.6 Å². The molecule has 1 aromatic carbocycles. The Labute approximate surface area is 271 Å². The average Bonchev–Trinajstić information content (AvgIpc) is 2.99. The normalized spacial score (nSPS) is 14.3.